The minimum atomic E-state index is -1.45. The molecular weight excluding hydrogens is 244 g/mol. The Hall–Kier alpha value is -0.586. The average molecular weight is 269 g/mol. The average Bonchev–Trinajstić information content (AvgIpc) is 2.27. The van der Waals surface area contributed by atoms with Gasteiger partial charge in [0.1, 0.15) is 5.75 Å². The minimum absolute atomic E-state index is 0.352. The summed E-state index contributed by atoms with van der Waals surface area (Å²) in [5, 5.41) is 10.7. The lowest BCUT2D eigenvalue weighted by Crippen LogP contribution is -2.43. The maximum atomic E-state index is 9.32. The summed E-state index contributed by atoms with van der Waals surface area (Å²) in [4.78, 5) is 0. The number of hydrogen-bond donors (Lipinski definition) is 1. The van der Waals surface area contributed by atoms with E-state index in [0.717, 1.165) is 0 Å². The van der Waals surface area contributed by atoms with Gasteiger partial charge in [0.15, 0.2) is 8.32 Å². The summed E-state index contributed by atoms with van der Waals surface area (Å²) in [7, 11) is -0.996. The summed E-state index contributed by atoms with van der Waals surface area (Å²) in [6, 6.07) is 10.2. The Bertz CT molecular complexity index is 358. The van der Waals surface area contributed by atoms with Crippen LogP contribution < -0.4 is 5.19 Å². The molecule has 4 heteroatoms. The van der Waals surface area contributed by atoms with Gasteiger partial charge < -0.3 is 9.53 Å². The highest BCUT2D eigenvalue weighted by Crippen LogP contribution is 2.21. The normalized spacial score (nSPS) is 12.8. The summed E-state index contributed by atoms with van der Waals surface area (Å²) < 4.78 is 5.61. The lowest BCUT2D eigenvalue weighted by Gasteiger charge is -2.28. The van der Waals surface area contributed by atoms with E-state index in [2.05, 4.69) is 38.3 Å². The van der Waals surface area contributed by atoms with E-state index in [-0.39, 0.29) is 0 Å². The van der Waals surface area contributed by atoms with Gasteiger partial charge in [0, 0.05) is 7.11 Å². The Morgan fingerprint density at radius 1 is 1.00 bits per heavy atom. The Morgan fingerprint density at radius 3 is 2.00 bits per heavy atom. The van der Waals surface area contributed by atoms with Crippen LogP contribution in [0.15, 0.2) is 24.3 Å². The first-order valence-electron chi connectivity index (χ1n) is 6.11. The van der Waals surface area contributed by atoms with Gasteiger partial charge in [-0.25, -0.2) is 0 Å². The lowest BCUT2D eigenvalue weighted by molar-refractivity contribution is 0.405. The van der Waals surface area contributed by atoms with Crippen LogP contribution in [0.2, 0.25) is 38.3 Å². The molecule has 0 unspecified atom stereocenters. The topological polar surface area (TPSA) is 29.5 Å². The molecule has 0 fully saturated rings. The zero-order valence-corrected chi connectivity index (χ0v) is 13.6. The molecule has 0 heterocycles. The smallest absolute Gasteiger partial charge is 0.185 e. The molecule has 0 aliphatic heterocycles. The number of phenolic OH excluding ortho intramolecular Hbond substituents is 1. The molecular formula is C13H24O2Si2. The molecule has 96 valence electrons. The van der Waals surface area contributed by atoms with Crippen LogP contribution in [0, 0.1) is 0 Å². The summed E-state index contributed by atoms with van der Waals surface area (Å²) >= 11 is 0. The van der Waals surface area contributed by atoms with E-state index in [4.69, 9.17) is 4.43 Å². The van der Waals surface area contributed by atoms with Crippen LogP contribution in [0.3, 0.4) is 0 Å². The van der Waals surface area contributed by atoms with Gasteiger partial charge in [0.25, 0.3) is 0 Å². The minimum Gasteiger partial charge on any atom is -0.508 e. The molecule has 0 atom stereocenters. The van der Waals surface area contributed by atoms with Gasteiger partial charge in [-0.05, 0) is 31.3 Å². The van der Waals surface area contributed by atoms with E-state index in [1.54, 1.807) is 12.1 Å². The van der Waals surface area contributed by atoms with Gasteiger partial charge >= 0.3 is 0 Å². The largest absolute Gasteiger partial charge is 0.508 e. The highest BCUT2D eigenvalue weighted by atomic mass is 28.4. The number of benzene rings is 1. The molecule has 0 amide bonds. The third kappa shape index (κ3) is 4.29. The Kier molecular flexibility index (Phi) is 4.57. The molecule has 0 bridgehead atoms. The van der Waals surface area contributed by atoms with E-state index in [0.29, 0.717) is 5.75 Å². The van der Waals surface area contributed by atoms with Crippen molar-refractivity contribution in [3.8, 4) is 5.75 Å². The van der Waals surface area contributed by atoms with Gasteiger partial charge in [-0.2, -0.15) is 0 Å². The second-order valence-electron chi connectivity index (χ2n) is 5.89. The van der Waals surface area contributed by atoms with Gasteiger partial charge in [-0.1, -0.05) is 36.5 Å². The standard InChI is InChI=1S/C13H24O2Si2/c1-15-17(4,5)11-10-16(2,3)13-8-6-12(14)7-9-13/h6-9,14H,10-11H2,1-5H3. The third-order valence-corrected chi connectivity index (χ3v) is 10.0. The maximum Gasteiger partial charge on any atom is 0.185 e. The fourth-order valence-corrected chi connectivity index (χ4v) is 8.24. The van der Waals surface area contributed by atoms with Crippen molar-refractivity contribution < 1.29 is 9.53 Å². The van der Waals surface area contributed by atoms with Crippen molar-refractivity contribution >= 4 is 21.6 Å². The molecule has 1 N–H and O–H groups in total. The zero-order valence-electron chi connectivity index (χ0n) is 11.6. The first-order valence-corrected chi connectivity index (χ1v) is 12.4. The number of phenols is 1. The fraction of sp³-hybridized carbons (Fsp3) is 0.538. The van der Waals surface area contributed by atoms with Gasteiger partial charge in [0.2, 0.25) is 0 Å². The van der Waals surface area contributed by atoms with Crippen molar-refractivity contribution in [2.75, 3.05) is 7.11 Å². The van der Waals surface area contributed by atoms with Crippen molar-refractivity contribution in [2.45, 2.75) is 38.3 Å². The van der Waals surface area contributed by atoms with Crippen LogP contribution in [0.4, 0.5) is 0 Å². The molecule has 2 nitrogen and oxygen atoms in total. The quantitative estimate of drug-likeness (QED) is 0.831. The molecule has 0 aromatic heterocycles. The molecule has 0 saturated carbocycles. The van der Waals surface area contributed by atoms with Crippen molar-refractivity contribution in [3.05, 3.63) is 24.3 Å². The van der Waals surface area contributed by atoms with Crippen LogP contribution in [0.25, 0.3) is 0 Å². The molecule has 0 radical (unpaired) electrons. The molecule has 17 heavy (non-hydrogen) atoms. The number of aromatic hydroxyl groups is 1. The van der Waals surface area contributed by atoms with E-state index in [9.17, 15) is 5.11 Å². The zero-order chi connectivity index (χ0) is 13.1. The van der Waals surface area contributed by atoms with Crippen LogP contribution in [0.1, 0.15) is 0 Å². The second-order valence-corrected chi connectivity index (χ2v) is 15.2. The highest BCUT2D eigenvalue weighted by molar-refractivity contribution is 6.91. The van der Waals surface area contributed by atoms with Crippen molar-refractivity contribution in [1.82, 2.24) is 0 Å². The van der Waals surface area contributed by atoms with E-state index >= 15 is 0 Å². The summed E-state index contributed by atoms with van der Waals surface area (Å²) in [5.74, 6) is 0.352. The molecule has 1 aromatic carbocycles. The SMILES string of the molecule is CO[Si](C)(C)CC[Si](C)(C)c1ccc(O)cc1. The monoisotopic (exact) mass is 268 g/mol. The number of hydrogen-bond acceptors (Lipinski definition) is 2. The molecule has 1 rings (SSSR count). The summed E-state index contributed by atoms with van der Waals surface area (Å²) in [5.41, 5.74) is 0. The Morgan fingerprint density at radius 2 is 1.53 bits per heavy atom. The van der Waals surface area contributed by atoms with Gasteiger partial charge in [-0.15, -0.1) is 0 Å². The van der Waals surface area contributed by atoms with Crippen molar-refractivity contribution in [1.29, 1.82) is 0 Å². The molecule has 0 aliphatic carbocycles. The van der Waals surface area contributed by atoms with E-state index in [1.165, 1.54) is 17.3 Å². The molecule has 0 aliphatic rings. The van der Waals surface area contributed by atoms with Gasteiger partial charge in [0.05, 0.1) is 8.07 Å². The third-order valence-electron chi connectivity index (χ3n) is 3.55. The summed E-state index contributed by atoms with van der Waals surface area (Å²) in [6.45, 7) is 9.32. The second kappa shape index (κ2) is 5.37. The van der Waals surface area contributed by atoms with Gasteiger partial charge in [-0.3, -0.25) is 0 Å². The maximum absolute atomic E-state index is 9.32. The van der Waals surface area contributed by atoms with Crippen LogP contribution in [-0.2, 0) is 4.43 Å². The predicted octanol–water partition coefficient (Wildman–Crippen LogP) is 3.16. The Balaban J connectivity index is 2.71. The fourth-order valence-electron chi connectivity index (χ4n) is 1.77. The van der Waals surface area contributed by atoms with E-state index < -0.39 is 16.4 Å². The first-order chi connectivity index (χ1) is 7.77. The van der Waals surface area contributed by atoms with E-state index in [1.807, 2.05) is 7.11 Å². The van der Waals surface area contributed by atoms with Crippen molar-refractivity contribution in [3.63, 3.8) is 0 Å². The molecule has 0 spiro atoms. The lowest BCUT2D eigenvalue weighted by atomic mass is 10.3. The summed E-state index contributed by atoms with van der Waals surface area (Å²) in [6.07, 6.45) is 0. The Labute approximate surface area is 107 Å². The molecule has 0 saturated heterocycles. The predicted molar refractivity (Wildman–Crippen MR) is 79.3 cm³/mol. The first kappa shape index (κ1) is 14.5. The van der Waals surface area contributed by atoms with Crippen LogP contribution in [0.5, 0.6) is 5.75 Å². The highest BCUT2D eigenvalue weighted by Gasteiger charge is 2.28. The number of rotatable bonds is 5. The van der Waals surface area contributed by atoms with Crippen molar-refractivity contribution in [2.24, 2.45) is 0 Å². The van der Waals surface area contributed by atoms with Crippen LogP contribution in [-0.4, -0.2) is 28.6 Å². The molecule has 1 aromatic rings. The van der Waals surface area contributed by atoms with Crippen LogP contribution >= 0.6 is 0 Å².